The number of halogens is 1. The zero-order chi connectivity index (χ0) is 16.9. The van der Waals surface area contributed by atoms with Gasteiger partial charge >= 0.3 is 5.97 Å². The third-order valence-electron chi connectivity index (χ3n) is 3.33. The zero-order valence-electron chi connectivity index (χ0n) is 12.5. The molecule has 3 aromatic rings. The Kier molecular flexibility index (Phi) is 4.68. The molecule has 0 bridgehead atoms. The fourth-order valence-electron chi connectivity index (χ4n) is 2.09. The Morgan fingerprint density at radius 2 is 1.42 bits per heavy atom. The monoisotopic (exact) mass is 337 g/mol. The summed E-state index contributed by atoms with van der Waals surface area (Å²) in [5.41, 5.74) is 1.42. The Labute approximate surface area is 143 Å². The van der Waals surface area contributed by atoms with Crippen LogP contribution in [0.5, 0.6) is 5.75 Å². The number of hydrogen-bond donors (Lipinski definition) is 0. The molecule has 0 aliphatic heterocycles. The molecule has 0 N–H and O–H groups in total. The molecule has 118 valence electrons. The first-order valence-electron chi connectivity index (χ1n) is 7.17. The average molecular weight is 338 g/mol. The van der Waals surface area contributed by atoms with Crippen LogP contribution in [0.1, 0.15) is 26.3 Å². The van der Waals surface area contributed by atoms with Crippen molar-refractivity contribution in [2.24, 2.45) is 0 Å². The van der Waals surface area contributed by atoms with Crippen LogP contribution in [0.25, 0.3) is 0 Å². The van der Waals surface area contributed by atoms with Gasteiger partial charge < -0.3 is 4.74 Å². The summed E-state index contributed by atoms with van der Waals surface area (Å²) in [6.45, 7) is 0. The van der Waals surface area contributed by atoms with Crippen LogP contribution in [0.3, 0.4) is 0 Å². The number of ketones is 1. The first kappa shape index (κ1) is 15.9. The lowest BCUT2D eigenvalue weighted by molar-refractivity contribution is 0.0734. The van der Waals surface area contributed by atoms with Gasteiger partial charge in [0, 0.05) is 17.3 Å². The second kappa shape index (κ2) is 7.06. The quantitative estimate of drug-likeness (QED) is 0.310. The topological polar surface area (TPSA) is 56.3 Å². The van der Waals surface area contributed by atoms with E-state index >= 15 is 0 Å². The summed E-state index contributed by atoms with van der Waals surface area (Å²) in [5.74, 6) is -0.281. The van der Waals surface area contributed by atoms with Crippen LogP contribution in [0, 0.1) is 0 Å². The van der Waals surface area contributed by atoms with Crippen LogP contribution >= 0.6 is 11.6 Å². The minimum Gasteiger partial charge on any atom is -0.423 e. The molecule has 0 aliphatic carbocycles. The Morgan fingerprint density at radius 1 is 0.792 bits per heavy atom. The van der Waals surface area contributed by atoms with E-state index in [0.29, 0.717) is 27.6 Å². The van der Waals surface area contributed by atoms with Crippen LogP contribution in [-0.2, 0) is 0 Å². The maximum absolute atomic E-state index is 12.3. The average Bonchev–Trinajstić information content (AvgIpc) is 2.63. The highest BCUT2D eigenvalue weighted by atomic mass is 35.5. The molecule has 0 fully saturated rings. The summed E-state index contributed by atoms with van der Waals surface area (Å²) in [5, 5.41) is 0.301. The molecule has 1 heterocycles. The molecular formula is C19H12ClNO3. The normalized spacial score (nSPS) is 10.2. The molecule has 3 rings (SSSR count). The maximum Gasteiger partial charge on any atom is 0.345 e. The van der Waals surface area contributed by atoms with Gasteiger partial charge in [-0.3, -0.25) is 4.79 Å². The van der Waals surface area contributed by atoms with Crippen molar-refractivity contribution < 1.29 is 14.3 Å². The fraction of sp³-hybridized carbons (Fsp3) is 0. The number of ether oxygens (including phenoxy) is 1. The summed E-state index contributed by atoms with van der Waals surface area (Å²) in [7, 11) is 0. The number of esters is 1. The molecule has 0 saturated heterocycles. The van der Waals surface area contributed by atoms with Crippen molar-refractivity contribution in [3.05, 3.63) is 94.8 Å². The van der Waals surface area contributed by atoms with E-state index < -0.39 is 5.97 Å². The molecule has 5 heteroatoms. The van der Waals surface area contributed by atoms with E-state index in [1.807, 2.05) is 18.2 Å². The van der Waals surface area contributed by atoms with Crippen molar-refractivity contribution in [3.8, 4) is 5.75 Å². The fourth-order valence-corrected chi connectivity index (χ4v) is 2.20. The highest BCUT2D eigenvalue weighted by Crippen LogP contribution is 2.17. The third kappa shape index (κ3) is 3.67. The van der Waals surface area contributed by atoms with Crippen molar-refractivity contribution in [2.75, 3.05) is 0 Å². The molecule has 24 heavy (non-hydrogen) atoms. The van der Waals surface area contributed by atoms with Gasteiger partial charge in [-0.1, -0.05) is 41.9 Å². The van der Waals surface area contributed by atoms with Gasteiger partial charge in [-0.2, -0.15) is 0 Å². The first-order chi connectivity index (χ1) is 11.6. The predicted molar refractivity (Wildman–Crippen MR) is 90.5 cm³/mol. The lowest BCUT2D eigenvalue weighted by Gasteiger charge is -2.05. The molecule has 0 spiro atoms. The maximum atomic E-state index is 12.3. The number of hydrogen-bond acceptors (Lipinski definition) is 4. The lowest BCUT2D eigenvalue weighted by Crippen LogP contribution is -2.09. The van der Waals surface area contributed by atoms with Crippen molar-refractivity contribution in [2.45, 2.75) is 0 Å². The number of aromatic nitrogens is 1. The molecule has 4 nitrogen and oxygen atoms in total. The van der Waals surface area contributed by atoms with Gasteiger partial charge in [0.1, 0.15) is 10.9 Å². The molecule has 0 unspecified atom stereocenters. The number of carbonyl (C=O) groups is 2. The molecule has 0 radical (unpaired) electrons. The number of pyridine rings is 1. The van der Waals surface area contributed by atoms with Gasteiger partial charge in [0.05, 0.1) is 5.56 Å². The summed E-state index contributed by atoms with van der Waals surface area (Å²) < 4.78 is 5.25. The van der Waals surface area contributed by atoms with Gasteiger partial charge in [-0.15, -0.1) is 0 Å². The zero-order valence-corrected chi connectivity index (χ0v) is 13.2. The van der Waals surface area contributed by atoms with Crippen molar-refractivity contribution in [3.63, 3.8) is 0 Å². The number of rotatable bonds is 4. The van der Waals surface area contributed by atoms with Crippen molar-refractivity contribution in [1.29, 1.82) is 0 Å². The molecule has 0 aliphatic rings. The van der Waals surface area contributed by atoms with Crippen LogP contribution in [0.2, 0.25) is 5.15 Å². The third-order valence-corrected chi connectivity index (χ3v) is 3.55. The molecule has 0 atom stereocenters. The van der Waals surface area contributed by atoms with Gasteiger partial charge in [0.25, 0.3) is 0 Å². The van der Waals surface area contributed by atoms with E-state index in [1.165, 1.54) is 18.3 Å². The van der Waals surface area contributed by atoms with E-state index in [4.69, 9.17) is 16.3 Å². The van der Waals surface area contributed by atoms with Gasteiger partial charge in [-0.25, -0.2) is 9.78 Å². The van der Waals surface area contributed by atoms with Gasteiger partial charge in [-0.05, 0) is 36.4 Å². The highest BCUT2D eigenvalue weighted by molar-refractivity contribution is 6.29. The van der Waals surface area contributed by atoms with Crippen LogP contribution < -0.4 is 4.74 Å². The Bertz CT molecular complexity index is 859. The molecule has 0 saturated carbocycles. The van der Waals surface area contributed by atoms with Gasteiger partial charge in [0.2, 0.25) is 0 Å². The molecule has 0 amide bonds. The minimum atomic E-state index is -0.540. The van der Waals surface area contributed by atoms with E-state index in [1.54, 1.807) is 36.4 Å². The van der Waals surface area contributed by atoms with Gasteiger partial charge in [0.15, 0.2) is 5.78 Å². The van der Waals surface area contributed by atoms with Crippen molar-refractivity contribution >= 4 is 23.4 Å². The standard InChI is InChI=1S/C19H12ClNO3/c20-17-11-8-15(12-21-17)19(23)24-16-9-6-14(7-10-16)18(22)13-4-2-1-3-5-13/h1-12H. The lowest BCUT2D eigenvalue weighted by atomic mass is 10.0. The largest absolute Gasteiger partial charge is 0.423 e. The van der Waals surface area contributed by atoms with Crippen LogP contribution in [0.15, 0.2) is 72.9 Å². The number of nitrogens with zero attached hydrogens (tertiary/aromatic N) is 1. The first-order valence-corrected chi connectivity index (χ1v) is 7.55. The molecule has 2 aromatic carbocycles. The Morgan fingerprint density at radius 3 is 2.04 bits per heavy atom. The Balaban J connectivity index is 1.72. The summed E-state index contributed by atoms with van der Waals surface area (Å²) in [6.07, 6.45) is 1.35. The van der Waals surface area contributed by atoms with Crippen LogP contribution in [-0.4, -0.2) is 16.7 Å². The van der Waals surface area contributed by atoms with E-state index in [-0.39, 0.29) is 5.78 Å². The second-order valence-corrected chi connectivity index (χ2v) is 5.37. The molecule has 1 aromatic heterocycles. The predicted octanol–water partition coefficient (Wildman–Crippen LogP) is 4.19. The van der Waals surface area contributed by atoms with Crippen LogP contribution in [0.4, 0.5) is 0 Å². The summed E-state index contributed by atoms with van der Waals surface area (Å²) in [4.78, 5) is 28.1. The number of carbonyl (C=O) groups excluding carboxylic acids is 2. The van der Waals surface area contributed by atoms with E-state index in [0.717, 1.165) is 0 Å². The smallest absolute Gasteiger partial charge is 0.345 e. The highest BCUT2D eigenvalue weighted by Gasteiger charge is 2.11. The number of benzene rings is 2. The van der Waals surface area contributed by atoms with E-state index in [2.05, 4.69) is 4.98 Å². The second-order valence-electron chi connectivity index (χ2n) is 4.98. The summed E-state index contributed by atoms with van der Waals surface area (Å²) in [6, 6.07) is 18.4. The van der Waals surface area contributed by atoms with Crippen molar-refractivity contribution in [1.82, 2.24) is 4.98 Å². The summed E-state index contributed by atoms with van der Waals surface area (Å²) >= 11 is 5.68. The molecular weight excluding hydrogens is 326 g/mol. The minimum absolute atomic E-state index is 0.0876. The SMILES string of the molecule is O=C(Oc1ccc(C(=O)c2ccccc2)cc1)c1ccc(Cl)nc1. The van der Waals surface area contributed by atoms with E-state index in [9.17, 15) is 9.59 Å². The Hall–Kier alpha value is -2.98.